The molecule has 82 valence electrons. The van der Waals surface area contributed by atoms with E-state index in [1.54, 1.807) is 13.2 Å². The number of thiazole rings is 1. The van der Waals surface area contributed by atoms with Gasteiger partial charge in [0, 0.05) is 0 Å². The molecule has 0 aliphatic rings. The number of ether oxygens (including phenoxy) is 1. The zero-order chi connectivity index (χ0) is 11.4. The van der Waals surface area contributed by atoms with Gasteiger partial charge in [-0.05, 0) is 24.8 Å². The molecule has 0 amide bonds. The molecular weight excluding hydrogens is 258 g/mol. The predicted octanol–water partition coefficient (Wildman–Crippen LogP) is 2.42. The van der Waals surface area contributed by atoms with Crippen molar-refractivity contribution in [2.45, 2.75) is 11.3 Å². The molecule has 1 aromatic heterocycles. The first-order valence-electron chi connectivity index (χ1n) is 4.01. The Morgan fingerprint density at radius 1 is 1.60 bits per heavy atom. The smallest absolute Gasteiger partial charge is 0.358 e. The van der Waals surface area contributed by atoms with Crippen LogP contribution in [0, 0.1) is 0 Å². The Hall–Kier alpha value is -0.590. The Morgan fingerprint density at radius 3 is 2.73 bits per heavy atom. The summed E-state index contributed by atoms with van der Waals surface area (Å²) in [6.45, 7) is 1.92. The first-order chi connectivity index (χ1) is 7.10. The van der Waals surface area contributed by atoms with E-state index in [0.29, 0.717) is 4.34 Å². The molecule has 0 atom stereocenters. The first-order valence-corrected chi connectivity index (χ1v) is 6.43. The van der Waals surface area contributed by atoms with E-state index in [9.17, 15) is 9.59 Å². The zero-order valence-corrected chi connectivity index (χ0v) is 10.5. The van der Waals surface area contributed by atoms with E-state index in [-0.39, 0.29) is 17.2 Å². The summed E-state index contributed by atoms with van der Waals surface area (Å²) in [5, 5.41) is -0.684. The number of aromatic nitrogens is 1. The lowest BCUT2D eigenvalue weighted by Gasteiger charge is -1.98. The lowest BCUT2D eigenvalue weighted by Crippen LogP contribution is -2.08. The Balaban J connectivity index is 3.09. The number of rotatable bonds is 4. The fourth-order valence-electron chi connectivity index (χ4n) is 0.859. The average molecular weight is 266 g/mol. The maximum Gasteiger partial charge on any atom is 0.358 e. The molecule has 0 aliphatic heterocycles. The number of halogens is 1. The summed E-state index contributed by atoms with van der Waals surface area (Å²) in [6.07, 6.45) is 1.80. The summed E-state index contributed by atoms with van der Waals surface area (Å²) >= 11 is 7.77. The molecule has 0 spiro atoms. The molecule has 1 aromatic rings. The van der Waals surface area contributed by atoms with Gasteiger partial charge < -0.3 is 4.74 Å². The molecule has 1 heterocycles. The highest BCUT2D eigenvalue weighted by molar-refractivity contribution is 8.00. The van der Waals surface area contributed by atoms with E-state index in [1.807, 2.05) is 0 Å². The highest BCUT2D eigenvalue weighted by atomic mass is 35.5. The highest BCUT2D eigenvalue weighted by Gasteiger charge is 2.22. The lowest BCUT2D eigenvalue weighted by molar-refractivity contribution is 0.0517. The molecular formula is C8H8ClNO3S2. The van der Waals surface area contributed by atoms with Crippen molar-refractivity contribution in [3.8, 4) is 0 Å². The SMILES string of the molecule is CCOC(=O)c1nc(SC)sc1C(=O)Cl. The molecule has 0 radical (unpaired) electrons. The van der Waals surface area contributed by atoms with Crippen LogP contribution in [0.3, 0.4) is 0 Å². The van der Waals surface area contributed by atoms with E-state index in [4.69, 9.17) is 16.3 Å². The molecule has 0 saturated carbocycles. The van der Waals surface area contributed by atoms with Crippen molar-refractivity contribution < 1.29 is 14.3 Å². The van der Waals surface area contributed by atoms with E-state index >= 15 is 0 Å². The standard InChI is InChI=1S/C8H8ClNO3S2/c1-3-13-7(12)4-5(6(9)11)15-8(10-4)14-2/h3H2,1-2H3. The molecule has 0 N–H and O–H groups in total. The van der Waals surface area contributed by atoms with Crippen LogP contribution in [0.4, 0.5) is 0 Å². The number of carbonyl (C=O) groups excluding carboxylic acids is 2. The number of thioether (sulfide) groups is 1. The van der Waals surface area contributed by atoms with Crippen LogP contribution in [-0.4, -0.2) is 29.1 Å². The average Bonchev–Trinajstić information content (AvgIpc) is 2.61. The van der Waals surface area contributed by atoms with Crippen LogP contribution in [0.15, 0.2) is 4.34 Å². The predicted molar refractivity (Wildman–Crippen MR) is 60.0 cm³/mol. The summed E-state index contributed by atoms with van der Waals surface area (Å²) in [7, 11) is 0. The van der Waals surface area contributed by atoms with Gasteiger partial charge >= 0.3 is 5.97 Å². The van der Waals surface area contributed by atoms with Gasteiger partial charge in [0.2, 0.25) is 0 Å². The topological polar surface area (TPSA) is 56.3 Å². The van der Waals surface area contributed by atoms with Gasteiger partial charge in [0.1, 0.15) is 4.88 Å². The number of hydrogen-bond donors (Lipinski definition) is 0. The molecule has 0 aromatic carbocycles. The number of esters is 1. The normalized spacial score (nSPS) is 10.1. The van der Waals surface area contributed by atoms with E-state index in [1.165, 1.54) is 11.8 Å². The van der Waals surface area contributed by atoms with Crippen LogP contribution in [0.5, 0.6) is 0 Å². The van der Waals surface area contributed by atoms with Crippen LogP contribution in [0.2, 0.25) is 0 Å². The van der Waals surface area contributed by atoms with Crippen molar-refractivity contribution in [1.29, 1.82) is 0 Å². The Morgan fingerprint density at radius 2 is 2.27 bits per heavy atom. The second-order valence-electron chi connectivity index (χ2n) is 2.36. The molecule has 4 nitrogen and oxygen atoms in total. The lowest BCUT2D eigenvalue weighted by atomic mass is 10.4. The van der Waals surface area contributed by atoms with Gasteiger partial charge in [-0.3, -0.25) is 4.79 Å². The van der Waals surface area contributed by atoms with Crippen molar-refractivity contribution in [3.05, 3.63) is 10.6 Å². The third-order valence-corrected chi connectivity index (χ3v) is 3.77. The summed E-state index contributed by atoms with van der Waals surface area (Å²) in [6, 6.07) is 0. The zero-order valence-electron chi connectivity index (χ0n) is 8.07. The van der Waals surface area contributed by atoms with Gasteiger partial charge in [0.05, 0.1) is 6.61 Å². The monoisotopic (exact) mass is 265 g/mol. The molecule has 0 saturated heterocycles. The Kier molecular flexibility index (Phi) is 4.56. The van der Waals surface area contributed by atoms with Gasteiger partial charge in [-0.15, -0.1) is 11.3 Å². The summed E-state index contributed by atoms with van der Waals surface area (Å²) in [5.41, 5.74) is 0.00574. The molecule has 1 rings (SSSR count). The maximum atomic E-state index is 11.4. The van der Waals surface area contributed by atoms with Gasteiger partial charge in [0.15, 0.2) is 10.0 Å². The summed E-state index contributed by atoms with van der Waals surface area (Å²) in [4.78, 5) is 26.5. The molecule has 7 heteroatoms. The fraction of sp³-hybridized carbons (Fsp3) is 0.375. The van der Waals surface area contributed by atoms with Crippen LogP contribution >= 0.6 is 34.7 Å². The van der Waals surface area contributed by atoms with Gasteiger partial charge in [-0.2, -0.15) is 0 Å². The number of carbonyl (C=O) groups is 2. The molecule has 0 bridgehead atoms. The highest BCUT2D eigenvalue weighted by Crippen LogP contribution is 2.27. The van der Waals surface area contributed by atoms with Crippen molar-refractivity contribution in [1.82, 2.24) is 4.98 Å². The summed E-state index contributed by atoms with van der Waals surface area (Å²) in [5.74, 6) is -0.613. The second kappa shape index (κ2) is 5.48. The first kappa shape index (κ1) is 12.5. The van der Waals surface area contributed by atoms with E-state index < -0.39 is 11.2 Å². The fourth-order valence-corrected chi connectivity index (χ4v) is 2.45. The number of nitrogens with zero attached hydrogens (tertiary/aromatic N) is 1. The van der Waals surface area contributed by atoms with Crippen molar-refractivity contribution in [2.75, 3.05) is 12.9 Å². The van der Waals surface area contributed by atoms with Gasteiger partial charge in [-0.1, -0.05) is 11.8 Å². The summed E-state index contributed by atoms with van der Waals surface area (Å²) < 4.78 is 5.37. The minimum Gasteiger partial charge on any atom is -0.461 e. The van der Waals surface area contributed by atoms with Crippen LogP contribution in [0.25, 0.3) is 0 Å². The molecule has 0 fully saturated rings. The minimum atomic E-state index is -0.684. The van der Waals surface area contributed by atoms with Gasteiger partial charge in [-0.25, -0.2) is 9.78 Å². The molecule has 15 heavy (non-hydrogen) atoms. The van der Waals surface area contributed by atoms with Crippen molar-refractivity contribution in [2.24, 2.45) is 0 Å². The Bertz CT molecular complexity index is 391. The molecule has 0 unspecified atom stereocenters. The van der Waals surface area contributed by atoms with E-state index in [0.717, 1.165) is 11.3 Å². The largest absolute Gasteiger partial charge is 0.461 e. The van der Waals surface area contributed by atoms with Gasteiger partial charge in [0.25, 0.3) is 5.24 Å². The Labute approximate surface area is 100.0 Å². The van der Waals surface area contributed by atoms with E-state index in [2.05, 4.69) is 4.98 Å². The van der Waals surface area contributed by atoms with Crippen LogP contribution in [-0.2, 0) is 4.74 Å². The maximum absolute atomic E-state index is 11.4. The van der Waals surface area contributed by atoms with Crippen molar-refractivity contribution >= 4 is 45.9 Å². The third-order valence-electron chi connectivity index (χ3n) is 1.43. The number of hydrogen-bond acceptors (Lipinski definition) is 6. The van der Waals surface area contributed by atoms with Crippen LogP contribution < -0.4 is 0 Å². The van der Waals surface area contributed by atoms with Crippen LogP contribution in [0.1, 0.15) is 27.1 Å². The third kappa shape index (κ3) is 2.93. The van der Waals surface area contributed by atoms with Crippen molar-refractivity contribution in [3.63, 3.8) is 0 Å². The quantitative estimate of drug-likeness (QED) is 0.475. The second-order valence-corrected chi connectivity index (χ2v) is 4.75. The minimum absolute atomic E-state index is 0.00574. The molecule has 0 aliphatic carbocycles.